The SMILES string of the molecule is O=c1n(CC2CCCCC2)c2cccnc2n1[C@@H]1CCN(S(=O)(=O)c2cccnc2)C1. The van der Waals surface area contributed by atoms with E-state index in [2.05, 4.69) is 9.97 Å². The molecule has 0 N–H and O–H groups in total. The molecule has 3 aromatic rings. The monoisotopic (exact) mass is 441 g/mol. The van der Waals surface area contributed by atoms with Gasteiger partial charge in [-0.3, -0.25) is 14.1 Å². The molecule has 1 aliphatic carbocycles. The van der Waals surface area contributed by atoms with Crippen molar-refractivity contribution >= 4 is 21.2 Å². The van der Waals surface area contributed by atoms with Crippen LogP contribution >= 0.6 is 0 Å². The van der Waals surface area contributed by atoms with Crippen LogP contribution in [0.2, 0.25) is 0 Å². The topological polar surface area (TPSA) is 90.1 Å². The minimum Gasteiger partial charge on any atom is -0.290 e. The summed E-state index contributed by atoms with van der Waals surface area (Å²) in [6.45, 7) is 1.34. The van der Waals surface area contributed by atoms with Gasteiger partial charge in [0.1, 0.15) is 4.90 Å². The lowest BCUT2D eigenvalue weighted by atomic mass is 9.89. The average molecular weight is 442 g/mol. The first-order valence-electron chi connectivity index (χ1n) is 11.0. The smallest absolute Gasteiger partial charge is 0.290 e. The number of aromatic nitrogens is 4. The highest BCUT2D eigenvalue weighted by molar-refractivity contribution is 7.89. The third kappa shape index (κ3) is 3.70. The van der Waals surface area contributed by atoms with Crippen LogP contribution < -0.4 is 5.69 Å². The molecule has 0 unspecified atom stereocenters. The van der Waals surface area contributed by atoms with Crippen molar-refractivity contribution in [3.63, 3.8) is 0 Å². The van der Waals surface area contributed by atoms with E-state index in [0.29, 0.717) is 31.1 Å². The molecule has 1 saturated carbocycles. The molecule has 1 saturated heterocycles. The van der Waals surface area contributed by atoms with Crippen LogP contribution in [-0.2, 0) is 16.6 Å². The first-order valence-corrected chi connectivity index (χ1v) is 12.5. The molecule has 4 heterocycles. The highest BCUT2D eigenvalue weighted by atomic mass is 32.2. The fraction of sp³-hybridized carbons (Fsp3) is 0.500. The zero-order valence-electron chi connectivity index (χ0n) is 17.4. The second kappa shape index (κ2) is 8.20. The standard InChI is InChI=1S/C22H27N5O3S/c28-22-26(15-17-6-2-1-3-7-17)20-9-5-12-24-21(20)27(22)18-10-13-25(16-18)31(29,30)19-8-4-11-23-14-19/h4-5,8-9,11-12,14,17-18H,1-3,6-7,10,13,15-16H2/t18-/m1/s1. The van der Waals surface area contributed by atoms with Gasteiger partial charge in [-0.15, -0.1) is 0 Å². The van der Waals surface area contributed by atoms with Gasteiger partial charge in [-0.2, -0.15) is 4.31 Å². The van der Waals surface area contributed by atoms with Crippen molar-refractivity contribution in [3.05, 3.63) is 53.3 Å². The molecular weight excluding hydrogens is 414 g/mol. The molecule has 5 rings (SSSR count). The van der Waals surface area contributed by atoms with Crippen LogP contribution in [0.3, 0.4) is 0 Å². The van der Waals surface area contributed by atoms with Gasteiger partial charge in [0.25, 0.3) is 0 Å². The highest BCUT2D eigenvalue weighted by Gasteiger charge is 2.35. The summed E-state index contributed by atoms with van der Waals surface area (Å²) < 4.78 is 31.0. The molecule has 2 fully saturated rings. The number of nitrogens with zero attached hydrogens (tertiary/aromatic N) is 5. The zero-order valence-corrected chi connectivity index (χ0v) is 18.2. The van der Waals surface area contributed by atoms with Crippen LogP contribution in [0.15, 0.2) is 52.5 Å². The van der Waals surface area contributed by atoms with E-state index < -0.39 is 10.0 Å². The lowest BCUT2D eigenvalue weighted by Crippen LogP contribution is -2.33. The summed E-state index contributed by atoms with van der Waals surface area (Å²) in [5.41, 5.74) is 1.41. The number of pyridine rings is 2. The number of hydrogen-bond acceptors (Lipinski definition) is 5. The molecule has 8 nitrogen and oxygen atoms in total. The Bertz CT molecular complexity index is 1230. The Morgan fingerprint density at radius 3 is 2.61 bits per heavy atom. The maximum Gasteiger partial charge on any atom is 0.330 e. The van der Waals surface area contributed by atoms with Crippen LogP contribution in [0.1, 0.15) is 44.6 Å². The molecular formula is C22H27N5O3S. The predicted octanol–water partition coefficient (Wildman–Crippen LogP) is 2.81. The molecule has 0 aromatic carbocycles. The third-order valence-corrected chi connectivity index (χ3v) is 8.50. The van der Waals surface area contributed by atoms with Gasteiger partial charge in [0.15, 0.2) is 5.65 Å². The number of rotatable bonds is 5. The second-order valence-electron chi connectivity index (χ2n) is 8.61. The van der Waals surface area contributed by atoms with E-state index in [-0.39, 0.29) is 23.2 Å². The first-order chi connectivity index (χ1) is 15.1. The van der Waals surface area contributed by atoms with Gasteiger partial charge in [-0.25, -0.2) is 18.2 Å². The Kier molecular flexibility index (Phi) is 5.39. The van der Waals surface area contributed by atoms with E-state index in [1.54, 1.807) is 29.1 Å². The molecule has 3 aromatic heterocycles. The van der Waals surface area contributed by atoms with Crippen LogP contribution in [0.4, 0.5) is 0 Å². The van der Waals surface area contributed by atoms with E-state index in [0.717, 1.165) is 18.4 Å². The summed E-state index contributed by atoms with van der Waals surface area (Å²) in [5, 5.41) is 0. The third-order valence-electron chi connectivity index (χ3n) is 6.65. The first kappa shape index (κ1) is 20.4. The zero-order chi connectivity index (χ0) is 21.4. The average Bonchev–Trinajstić information content (AvgIpc) is 3.39. The predicted molar refractivity (Wildman–Crippen MR) is 117 cm³/mol. The maximum absolute atomic E-state index is 13.5. The molecule has 9 heteroatoms. The lowest BCUT2D eigenvalue weighted by Gasteiger charge is -2.21. The van der Waals surface area contributed by atoms with Gasteiger partial charge in [-0.05, 0) is 49.4 Å². The Labute approximate surface area is 181 Å². The summed E-state index contributed by atoms with van der Waals surface area (Å²) >= 11 is 0. The molecule has 0 spiro atoms. The summed E-state index contributed by atoms with van der Waals surface area (Å²) in [5.74, 6) is 0.511. The van der Waals surface area contributed by atoms with Crippen molar-refractivity contribution in [3.8, 4) is 0 Å². The molecule has 164 valence electrons. The Morgan fingerprint density at radius 2 is 1.84 bits per heavy atom. The Hall–Kier alpha value is -2.52. The fourth-order valence-corrected chi connectivity index (χ4v) is 6.49. The minimum absolute atomic E-state index is 0.0788. The van der Waals surface area contributed by atoms with E-state index in [1.807, 2.05) is 16.7 Å². The quantitative estimate of drug-likeness (QED) is 0.607. The largest absolute Gasteiger partial charge is 0.330 e. The second-order valence-corrected chi connectivity index (χ2v) is 10.5. The van der Waals surface area contributed by atoms with E-state index in [9.17, 15) is 13.2 Å². The van der Waals surface area contributed by atoms with Crippen LogP contribution in [-0.4, -0.2) is 44.9 Å². The summed E-state index contributed by atoms with van der Waals surface area (Å²) in [7, 11) is -3.63. The summed E-state index contributed by atoms with van der Waals surface area (Å²) in [4.78, 5) is 22.1. The van der Waals surface area contributed by atoms with Gasteiger partial charge in [0.05, 0.1) is 11.6 Å². The Balaban J connectivity index is 1.47. The van der Waals surface area contributed by atoms with Crippen molar-refractivity contribution in [2.75, 3.05) is 13.1 Å². The van der Waals surface area contributed by atoms with Gasteiger partial charge < -0.3 is 0 Å². The highest BCUT2D eigenvalue weighted by Crippen LogP contribution is 2.30. The van der Waals surface area contributed by atoms with Crippen LogP contribution in [0, 0.1) is 5.92 Å². The molecule has 31 heavy (non-hydrogen) atoms. The summed E-state index contributed by atoms with van der Waals surface area (Å²) in [6.07, 6.45) is 11.2. The van der Waals surface area contributed by atoms with E-state index >= 15 is 0 Å². The normalized spacial score (nSPS) is 21.1. The number of imidazole rings is 1. The van der Waals surface area contributed by atoms with Gasteiger partial charge in [-0.1, -0.05) is 19.3 Å². The van der Waals surface area contributed by atoms with Crippen LogP contribution in [0.5, 0.6) is 0 Å². The number of hydrogen-bond donors (Lipinski definition) is 0. The Morgan fingerprint density at radius 1 is 1.03 bits per heavy atom. The van der Waals surface area contributed by atoms with Crippen molar-refractivity contribution in [2.45, 2.75) is 56.0 Å². The van der Waals surface area contributed by atoms with Crippen molar-refractivity contribution in [1.82, 2.24) is 23.4 Å². The molecule has 0 amide bonds. The van der Waals surface area contributed by atoms with Crippen molar-refractivity contribution in [2.24, 2.45) is 5.92 Å². The van der Waals surface area contributed by atoms with E-state index in [1.165, 1.54) is 29.8 Å². The summed E-state index contributed by atoms with van der Waals surface area (Å²) in [6, 6.07) is 6.75. The number of fused-ring (bicyclic) bond motifs is 1. The minimum atomic E-state index is -3.63. The van der Waals surface area contributed by atoms with Crippen LogP contribution in [0.25, 0.3) is 11.2 Å². The van der Waals surface area contributed by atoms with Gasteiger partial charge in [0, 0.05) is 38.2 Å². The maximum atomic E-state index is 13.5. The number of sulfonamides is 1. The van der Waals surface area contributed by atoms with E-state index in [4.69, 9.17) is 0 Å². The molecule has 2 aliphatic rings. The molecule has 0 radical (unpaired) electrons. The molecule has 1 atom stereocenters. The lowest BCUT2D eigenvalue weighted by molar-refractivity contribution is 0.317. The molecule has 1 aliphatic heterocycles. The fourth-order valence-electron chi connectivity index (χ4n) is 5.03. The van der Waals surface area contributed by atoms with Gasteiger partial charge >= 0.3 is 5.69 Å². The van der Waals surface area contributed by atoms with Gasteiger partial charge in [0.2, 0.25) is 10.0 Å². The van der Waals surface area contributed by atoms with Crippen molar-refractivity contribution < 1.29 is 8.42 Å². The van der Waals surface area contributed by atoms with Crippen molar-refractivity contribution in [1.29, 1.82) is 0 Å². The molecule has 0 bridgehead atoms.